The van der Waals surface area contributed by atoms with Gasteiger partial charge in [0.1, 0.15) is 5.82 Å². The van der Waals surface area contributed by atoms with Crippen LogP contribution in [0.4, 0.5) is 10.1 Å². The Morgan fingerprint density at radius 3 is 2.19 bits per heavy atom. The summed E-state index contributed by atoms with van der Waals surface area (Å²) in [7, 11) is -3.51. The smallest absolute Gasteiger partial charge is 0.258 e. The zero-order chi connectivity index (χ0) is 19.4. The summed E-state index contributed by atoms with van der Waals surface area (Å²) < 4.78 is 38.5. The molecule has 1 N–H and O–H groups in total. The van der Waals surface area contributed by atoms with Crippen LogP contribution < -0.4 is 5.32 Å². The van der Waals surface area contributed by atoms with Gasteiger partial charge in [0.15, 0.2) is 9.84 Å². The normalized spacial score (nSPS) is 11.2. The van der Waals surface area contributed by atoms with E-state index in [-0.39, 0.29) is 16.2 Å². The molecule has 3 rings (SSSR count). The molecular formula is C20H15ClFNO3S. The fourth-order valence-electron chi connectivity index (χ4n) is 2.47. The van der Waals surface area contributed by atoms with Crippen molar-refractivity contribution < 1.29 is 17.6 Å². The third-order valence-electron chi connectivity index (χ3n) is 3.86. The minimum atomic E-state index is -3.51. The molecule has 0 bridgehead atoms. The average molecular weight is 404 g/mol. The minimum absolute atomic E-state index is 0.0631. The van der Waals surface area contributed by atoms with E-state index in [0.717, 1.165) is 0 Å². The van der Waals surface area contributed by atoms with E-state index in [1.54, 1.807) is 30.3 Å². The predicted octanol–water partition coefficient (Wildman–Crippen LogP) is 4.71. The Hall–Kier alpha value is -2.70. The van der Waals surface area contributed by atoms with Gasteiger partial charge >= 0.3 is 0 Å². The molecule has 0 aromatic heterocycles. The van der Waals surface area contributed by atoms with Crippen molar-refractivity contribution in [3.63, 3.8) is 0 Å². The number of hydrogen-bond acceptors (Lipinski definition) is 3. The highest BCUT2D eigenvalue weighted by Crippen LogP contribution is 2.20. The molecular weight excluding hydrogens is 389 g/mol. The summed E-state index contributed by atoms with van der Waals surface area (Å²) in [5.41, 5.74) is 0.941. The zero-order valence-electron chi connectivity index (χ0n) is 14.0. The summed E-state index contributed by atoms with van der Waals surface area (Å²) >= 11 is 5.78. The number of halogens is 2. The van der Waals surface area contributed by atoms with Crippen molar-refractivity contribution in [3.05, 3.63) is 94.8 Å². The lowest BCUT2D eigenvalue weighted by atomic mass is 10.2. The fourth-order valence-corrected chi connectivity index (χ4v) is 3.95. The number of carbonyl (C=O) groups is 1. The maximum Gasteiger partial charge on any atom is 0.258 e. The maximum absolute atomic E-state index is 13.6. The largest absolute Gasteiger partial charge is 0.322 e. The van der Waals surface area contributed by atoms with Crippen LogP contribution in [-0.2, 0) is 15.6 Å². The average Bonchev–Trinajstić information content (AvgIpc) is 2.64. The molecule has 0 spiro atoms. The number of nitrogens with one attached hydrogen (secondary N) is 1. The van der Waals surface area contributed by atoms with Crippen LogP contribution in [0.2, 0.25) is 5.02 Å². The standard InChI is InChI=1S/C20H15ClFNO3S/c21-15-7-11-17(12-8-15)27(25,26)13-14-5-9-16(10-6-14)23-20(24)18-3-1-2-4-19(18)22/h1-12H,13H2,(H,23,24). The first-order valence-electron chi connectivity index (χ1n) is 7.98. The summed E-state index contributed by atoms with van der Waals surface area (Å²) in [4.78, 5) is 12.3. The van der Waals surface area contributed by atoms with Gasteiger partial charge in [-0.25, -0.2) is 12.8 Å². The summed E-state index contributed by atoms with van der Waals surface area (Å²) in [5, 5.41) is 3.05. The zero-order valence-corrected chi connectivity index (χ0v) is 15.6. The van der Waals surface area contributed by atoms with Crippen LogP contribution in [0.3, 0.4) is 0 Å². The van der Waals surface area contributed by atoms with E-state index in [1.165, 1.54) is 42.5 Å². The first-order chi connectivity index (χ1) is 12.8. The van der Waals surface area contributed by atoms with Crippen molar-refractivity contribution in [2.45, 2.75) is 10.6 Å². The molecule has 0 aliphatic carbocycles. The Kier molecular flexibility index (Phi) is 5.58. The molecule has 138 valence electrons. The molecule has 1 amide bonds. The monoisotopic (exact) mass is 403 g/mol. The Bertz CT molecular complexity index is 1070. The van der Waals surface area contributed by atoms with Crippen molar-refractivity contribution in [1.29, 1.82) is 0 Å². The van der Waals surface area contributed by atoms with Crippen LogP contribution in [0.5, 0.6) is 0 Å². The summed E-state index contributed by atoms with van der Waals surface area (Å²) in [6, 6.07) is 18.0. The molecule has 3 aromatic rings. The molecule has 0 aliphatic heterocycles. The van der Waals surface area contributed by atoms with Crippen LogP contribution in [0.1, 0.15) is 15.9 Å². The highest BCUT2D eigenvalue weighted by Gasteiger charge is 2.16. The Labute approximate surface area is 161 Å². The van der Waals surface area contributed by atoms with Crippen molar-refractivity contribution in [2.24, 2.45) is 0 Å². The molecule has 4 nitrogen and oxygen atoms in total. The molecule has 3 aromatic carbocycles. The maximum atomic E-state index is 13.6. The van der Waals surface area contributed by atoms with Crippen molar-refractivity contribution in [1.82, 2.24) is 0 Å². The van der Waals surface area contributed by atoms with Crippen LogP contribution in [0, 0.1) is 5.82 Å². The molecule has 0 atom stereocenters. The summed E-state index contributed by atoms with van der Waals surface area (Å²) in [5.74, 6) is -1.37. The third-order valence-corrected chi connectivity index (χ3v) is 5.82. The SMILES string of the molecule is O=C(Nc1ccc(CS(=O)(=O)c2ccc(Cl)cc2)cc1)c1ccccc1F. The number of benzene rings is 3. The van der Waals surface area contributed by atoms with E-state index < -0.39 is 21.6 Å². The molecule has 0 fully saturated rings. The molecule has 27 heavy (non-hydrogen) atoms. The molecule has 0 saturated heterocycles. The Balaban J connectivity index is 1.71. The van der Waals surface area contributed by atoms with Gasteiger partial charge in [-0.1, -0.05) is 35.9 Å². The third kappa shape index (κ3) is 4.72. The van der Waals surface area contributed by atoms with Gasteiger partial charge < -0.3 is 5.32 Å². The number of amides is 1. The molecule has 0 saturated carbocycles. The number of sulfone groups is 1. The van der Waals surface area contributed by atoms with Gasteiger partial charge in [0, 0.05) is 10.7 Å². The minimum Gasteiger partial charge on any atom is -0.322 e. The fraction of sp³-hybridized carbons (Fsp3) is 0.0500. The van der Waals surface area contributed by atoms with E-state index in [1.807, 2.05) is 0 Å². The van der Waals surface area contributed by atoms with Gasteiger partial charge in [0.2, 0.25) is 0 Å². The van der Waals surface area contributed by atoms with Crippen molar-refractivity contribution >= 4 is 33.0 Å². The summed E-state index contributed by atoms with van der Waals surface area (Å²) in [6.45, 7) is 0. The predicted molar refractivity (Wildman–Crippen MR) is 103 cm³/mol. The van der Waals surface area contributed by atoms with E-state index in [9.17, 15) is 17.6 Å². The van der Waals surface area contributed by atoms with Gasteiger partial charge in [0.05, 0.1) is 16.2 Å². The molecule has 0 aliphatic rings. The lowest BCUT2D eigenvalue weighted by molar-refractivity contribution is 0.102. The van der Waals surface area contributed by atoms with Crippen molar-refractivity contribution in [2.75, 3.05) is 5.32 Å². The molecule has 0 unspecified atom stereocenters. The van der Waals surface area contributed by atoms with E-state index in [2.05, 4.69) is 5.32 Å². The summed E-state index contributed by atoms with van der Waals surface area (Å²) in [6.07, 6.45) is 0. The Morgan fingerprint density at radius 2 is 1.56 bits per heavy atom. The molecule has 7 heteroatoms. The molecule has 0 heterocycles. The van der Waals surface area contributed by atoms with E-state index in [4.69, 9.17) is 11.6 Å². The Morgan fingerprint density at radius 1 is 0.926 bits per heavy atom. The topological polar surface area (TPSA) is 63.2 Å². The number of carbonyl (C=O) groups excluding carboxylic acids is 1. The van der Waals surface area contributed by atoms with Gasteiger partial charge in [0.25, 0.3) is 5.91 Å². The highest BCUT2D eigenvalue weighted by molar-refractivity contribution is 7.90. The second-order valence-electron chi connectivity index (χ2n) is 5.84. The second kappa shape index (κ2) is 7.90. The van der Waals surface area contributed by atoms with Crippen molar-refractivity contribution in [3.8, 4) is 0 Å². The first-order valence-corrected chi connectivity index (χ1v) is 10.0. The van der Waals surface area contributed by atoms with Gasteiger partial charge in [-0.05, 0) is 54.1 Å². The highest BCUT2D eigenvalue weighted by atomic mass is 35.5. The first kappa shape index (κ1) is 19.1. The van der Waals surface area contributed by atoms with Gasteiger partial charge in [-0.15, -0.1) is 0 Å². The number of rotatable bonds is 5. The van der Waals surface area contributed by atoms with Crippen LogP contribution >= 0.6 is 11.6 Å². The van der Waals surface area contributed by atoms with E-state index in [0.29, 0.717) is 16.3 Å². The number of anilines is 1. The molecule has 0 radical (unpaired) electrons. The van der Waals surface area contributed by atoms with Crippen LogP contribution in [0.15, 0.2) is 77.7 Å². The van der Waals surface area contributed by atoms with E-state index >= 15 is 0 Å². The van der Waals surface area contributed by atoms with Gasteiger partial charge in [-0.3, -0.25) is 4.79 Å². The van der Waals surface area contributed by atoms with Crippen LogP contribution in [0.25, 0.3) is 0 Å². The van der Waals surface area contributed by atoms with Gasteiger partial charge in [-0.2, -0.15) is 0 Å². The lowest BCUT2D eigenvalue weighted by Crippen LogP contribution is -2.13. The van der Waals surface area contributed by atoms with Crippen LogP contribution in [-0.4, -0.2) is 14.3 Å². The number of hydrogen-bond donors (Lipinski definition) is 1. The second-order valence-corrected chi connectivity index (χ2v) is 8.27. The lowest BCUT2D eigenvalue weighted by Gasteiger charge is -2.08. The quantitative estimate of drug-likeness (QED) is 0.671.